The lowest BCUT2D eigenvalue weighted by Crippen LogP contribution is -2.33. The van der Waals surface area contributed by atoms with Gasteiger partial charge in [0.25, 0.3) is 0 Å². The summed E-state index contributed by atoms with van der Waals surface area (Å²) in [5.41, 5.74) is 2.01. The molecule has 4 nitrogen and oxygen atoms in total. The molecule has 0 saturated heterocycles. The number of carbonyl (C=O) groups excluding carboxylic acids is 1. The fraction of sp³-hybridized carbons (Fsp3) is 0.333. The first-order valence-electron chi connectivity index (χ1n) is 7.58. The van der Waals surface area contributed by atoms with Gasteiger partial charge in [-0.1, -0.05) is 24.3 Å². The molecule has 0 aliphatic heterocycles. The van der Waals surface area contributed by atoms with Crippen LogP contribution >= 0.6 is 0 Å². The molecule has 3 rings (SSSR count). The highest BCUT2D eigenvalue weighted by Gasteiger charge is 2.32. The number of para-hydroxylation sites is 1. The van der Waals surface area contributed by atoms with Gasteiger partial charge in [-0.2, -0.15) is 0 Å². The van der Waals surface area contributed by atoms with E-state index < -0.39 is 0 Å². The maximum atomic E-state index is 12.7. The van der Waals surface area contributed by atoms with E-state index in [0.717, 1.165) is 29.7 Å². The maximum Gasteiger partial charge on any atom is 0.227 e. The van der Waals surface area contributed by atoms with Crippen LogP contribution in [0.1, 0.15) is 24.0 Å². The van der Waals surface area contributed by atoms with Crippen LogP contribution in [0.5, 0.6) is 5.75 Å². The molecule has 0 unspecified atom stereocenters. The van der Waals surface area contributed by atoms with Gasteiger partial charge in [0, 0.05) is 30.5 Å². The Kier molecular flexibility index (Phi) is 4.37. The molecule has 114 valence electrons. The second kappa shape index (κ2) is 6.60. The van der Waals surface area contributed by atoms with Gasteiger partial charge in [-0.3, -0.25) is 9.78 Å². The van der Waals surface area contributed by atoms with Gasteiger partial charge >= 0.3 is 0 Å². The quantitative estimate of drug-likeness (QED) is 0.823. The van der Waals surface area contributed by atoms with E-state index in [1.165, 1.54) is 0 Å². The van der Waals surface area contributed by atoms with Crippen molar-refractivity contribution < 1.29 is 9.53 Å². The monoisotopic (exact) mass is 296 g/mol. The standard InChI is InChI=1S/C18H20N2O2/c1-22-17-7-3-2-6-15(17)11-18(21)20(16-8-9-16)13-14-5-4-10-19-12-14/h2-7,10,12,16H,8-9,11,13H2,1H3. The average Bonchev–Trinajstić information content (AvgIpc) is 3.39. The number of amides is 1. The van der Waals surface area contributed by atoms with Crippen molar-refractivity contribution in [3.8, 4) is 5.75 Å². The molecule has 1 aliphatic rings. The number of rotatable bonds is 6. The Labute approximate surface area is 130 Å². The van der Waals surface area contributed by atoms with Gasteiger partial charge in [-0.05, 0) is 30.5 Å². The lowest BCUT2D eigenvalue weighted by Gasteiger charge is -2.23. The Morgan fingerprint density at radius 1 is 1.27 bits per heavy atom. The second-order valence-corrected chi connectivity index (χ2v) is 5.60. The average molecular weight is 296 g/mol. The summed E-state index contributed by atoms with van der Waals surface area (Å²) >= 11 is 0. The van der Waals surface area contributed by atoms with E-state index in [9.17, 15) is 4.79 Å². The Hall–Kier alpha value is -2.36. The predicted octanol–water partition coefficient (Wildman–Crippen LogP) is 2.82. The third-order valence-electron chi connectivity index (χ3n) is 3.92. The van der Waals surface area contributed by atoms with Crippen LogP contribution in [0.25, 0.3) is 0 Å². The van der Waals surface area contributed by atoms with Crippen molar-refractivity contribution in [1.82, 2.24) is 9.88 Å². The molecular weight excluding hydrogens is 276 g/mol. The predicted molar refractivity (Wildman–Crippen MR) is 84.5 cm³/mol. The lowest BCUT2D eigenvalue weighted by molar-refractivity contribution is -0.131. The highest BCUT2D eigenvalue weighted by atomic mass is 16.5. The highest BCUT2D eigenvalue weighted by Crippen LogP contribution is 2.29. The van der Waals surface area contributed by atoms with E-state index in [2.05, 4.69) is 4.98 Å². The van der Waals surface area contributed by atoms with E-state index in [0.29, 0.717) is 19.0 Å². The molecule has 22 heavy (non-hydrogen) atoms. The number of aromatic nitrogens is 1. The smallest absolute Gasteiger partial charge is 0.227 e. The van der Waals surface area contributed by atoms with Crippen LogP contribution in [-0.4, -0.2) is 28.9 Å². The number of hydrogen-bond acceptors (Lipinski definition) is 3. The van der Waals surface area contributed by atoms with E-state index in [1.807, 2.05) is 47.5 Å². The third-order valence-corrected chi connectivity index (χ3v) is 3.92. The molecule has 2 aromatic rings. The molecule has 1 heterocycles. The number of carbonyl (C=O) groups is 1. The van der Waals surface area contributed by atoms with Gasteiger partial charge in [0.2, 0.25) is 5.91 Å². The summed E-state index contributed by atoms with van der Waals surface area (Å²) in [6.07, 6.45) is 6.14. The van der Waals surface area contributed by atoms with E-state index in [-0.39, 0.29) is 5.91 Å². The van der Waals surface area contributed by atoms with Crippen LogP contribution in [0.4, 0.5) is 0 Å². The van der Waals surface area contributed by atoms with Crippen molar-refractivity contribution >= 4 is 5.91 Å². The zero-order valence-corrected chi connectivity index (χ0v) is 12.7. The molecule has 1 amide bonds. The SMILES string of the molecule is COc1ccccc1CC(=O)N(Cc1cccnc1)C1CC1. The molecule has 4 heteroatoms. The summed E-state index contributed by atoms with van der Waals surface area (Å²) in [6.45, 7) is 0.631. The van der Waals surface area contributed by atoms with E-state index in [1.54, 1.807) is 13.3 Å². The third kappa shape index (κ3) is 3.45. The first-order valence-corrected chi connectivity index (χ1v) is 7.58. The number of hydrogen-bond donors (Lipinski definition) is 0. The van der Waals surface area contributed by atoms with Gasteiger partial charge in [-0.25, -0.2) is 0 Å². The summed E-state index contributed by atoms with van der Waals surface area (Å²) in [7, 11) is 1.64. The zero-order valence-electron chi connectivity index (χ0n) is 12.7. The van der Waals surface area contributed by atoms with Gasteiger partial charge in [-0.15, -0.1) is 0 Å². The Morgan fingerprint density at radius 2 is 2.09 bits per heavy atom. The van der Waals surface area contributed by atoms with Crippen molar-refractivity contribution in [2.24, 2.45) is 0 Å². The number of nitrogens with zero attached hydrogens (tertiary/aromatic N) is 2. The zero-order chi connectivity index (χ0) is 15.4. The van der Waals surface area contributed by atoms with Crippen LogP contribution in [0.2, 0.25) is 0 Å². The fourth-order valence-electron chi connectivity index (χ4n) is 2.61. The fourth-order valence-corrected chi connectivity index (χ4v) is 2.61. The lowest BCUT2D eigenvalue weighted by atomic mass is 10.1. The van der Waals surface area contributed by atoms with Gasteiger partial charge < -0.3 is 9.64 Å². The molecule has 1 fully saturated rings. The maximum absolute atomic E-state index is 12.7. The van der Waals surface area contributed by atoms with Crippen LogP contribution in [0.15, 0.2) is 48.8 Å². The molecule has 1 aromatic heterocycles. The summed E-state index contributed by atoms with van der Waals surface area (Å²) in [5, 5.41) is 0. The number of methoxy groups -OCH3 is 1. The highest BCUT2D eigenvalue weighted by molar-refractivity contribution is 5.80. The number of benzene rings is 1. The Morgan fingerprint density at radius 3 is 2.77 bits per heavy atom. The molecular formula is C18H20N2O2. The van der Waals surface area contributed by atoms with Crippen LogP contribution in [-0.2, 0) is 17.8 Å². The van der Waals surface area contributed by atoms with Crippen molar-refractivity contribution in [1.29, 1.82) is 0 Å². The van der Waals surface area contributed by atoms with Crippen molar-refractivity contribution in [3.05, 3.63) is 59.9 Å². The molecule has 1 saturated carbocycles. The first-order chi connectivity index (χ1) is 10.8. The van der Waals surface area contributed by atoms with Crippen molar-refractivity contribution in [3.63, 3.8) is 0 Å². The second-order valence-electron chi connectivity index (χ2n) is 5.60. The molecule has 0 bridgehead atoms. The van der Waals surface area contributed by atoms with Crippen molar-refractivity contribution in [2.45, 2.75) is 31.8 Å². The number of pyridine rings is 1. The van der Waals surface area contributed by atoms with Gasteiger partial charge in [0.15, 0.2) is 0 Å². The minimum absolute atomic E-state index is 0.149. The summed E-state index contributed by atoms with van der Waals surface area (Å²) in [4.78, 5) is 18.8. The summed E-state index contributed by atoms with van der Waals surface area (Å²) in [5.74, 6) is 0.920. The molecule has 1 aliphatic carbocycles. The minimum atomic E-state index is 0.149. The molecule has 0 N–H and O–H groups in total. The topological polar surface area (TPSA) is 42.4 Å². The van der Waals surface area contributed by atoms with Crippen molar-refractivity contribution in [2.75, 3.05) is 7.11 Å². The Bertz CT molecular complexity index is 639. The van der Waals surface area contributed by atoms with Gasteiger partial charge in [0.05, 0.1) is 13.5 Å². The summed E-state index contributed by atoms with van der Waals surface area (Å²) < 4.78 is 5.34. The molecule has 0 radical (unpaired) electrons. The van der Waals surface area contributed by atoms with Gasteiger partial charge in [0.1, 0.15) is 5.75 Å². The van der Waals surface area contributed by atoms with Crippen LogP contribution in [0.3, 0.4) is 0 Å². The van der Waals surface area contributed by atoms with E-state index in [4.69, 9.17) is 4.74 Å². The van der Waals surface area contributed by atoms with Crippen LogP contribution < -0.4 is 4.74 Å². The van der Waals surface area contributed by atoms with E-state index >= 15 is 0 Å². The molecule has 0 atom stereocenters. The first kappa shape index (κ1) is 14.6. The molecule has 0 spiro atoms. The Balaban J connectivity index is 1.73. The minimum Gasteiger partial charge on any atom is -0.496 e. The summed E-state index contributed by atoms with van der Waals surface area (Å²) in [6, 6.07) is 12.0. The largest absolute Gasteiger partial charge is 0.496 e. The van der Waals surface area contributed by atoms with Crippen LogP contribution in [0, 0.1) is 0 Å². The number of ether oxygens (including phenoxy) is 1. The molecule has 1 aromatic carbocycles. The normalized spacial score (nSPS) is 13.7.